The van der Waals surface area contributed by atoms with Crippen LogP contribution in [0, 0.1) is 0 Å². The second-order valence-electron chi connectivity index (χ2n) is 0.177. The van der Waals surface area contributed by atoms with Crippen LogP contribution >= 0.6 is 0 Å². The van der Waals surface area contributed by atoms with Crippen molar-refractivity contribution in [2.45, 2.75) is 0 Å². The van der Waals surface area contributed by atoms with E-state index in [1.165, 1.54) is 21.7 Å². The van der Waals surface area contributed by atoms with E-state index >= 15 is 0 Å². The van der Waals surface area contributed by atoms with Crippen LogP contribution in [0.1, 0.15) is 4.11 Å². The summed E-state index contributed by atoms with van der Waals surface area (Å²) in [5.41, 5.74) is 0. The van der Waals surface area contributed by atoms with Gasteiger partial charge in [0.1, 0.15) is 0 Å². The van der Waals surface area contributed by atoms with Gasteiger partial charge < -0.3 is 17.0 Å². The Bertz CT molecular complexity index is 63.0. The minimum atomic E-state index is -0.395. The monoisotopic (exact) mass is 133 g/mol. The molecule has 0 aliphatic heterocycles. The summed E-state index contributed by atoms with van der Waals surface area (Å²) in [4.78, 5) is 0. The van der Waals surface area contributed by atoms with Gasteiger partial charge in [0, 0.05) is 0 Å². The fourth-order valence-electron chi connectivity index (χ4n) is 0. The van der Waals surface area contributed by atoms with Crippen LogP contribution in [0.4, 0.5) is 0 Å². The Labute approximate surface area is 53.7 Å². The average Bonchev–Trinajstić information content (AvgIpc) is 1.36. The Kier molecular flexibility index (Phi) is 4.98. The van der Waals surface area contributed by atoms with E-state index in [9.17, 15) is 0 Å². The van der Waals surface area contributed by atoms with Crippen LogP contribution in [0.2, 0.25) is 0 Å². The summed E-state index contributed by atoms with van der Waals surface area (Å²) in [6.07, 6.45) is 0. The maximum Gasteiger partial charge on any atom is -1.00 e. The number of hydrogen-bond acceptors (Lipinski definition) is 0. The molecule has 0 unspecified atom stereocenters. The zero-order chi connectivity index (χ0) is 5.15. The largest absolute Gasteiger partial charge is 1.00 e. The third-order valence-electron chi connectivity index (χ3n) is 0. The first-order valence-corrected chi connectivity index (χ1v) is 1.31. The van der Waals surface area contributed by atoms with Gasteiger partial charge >= 0.3 is 36.5 Å². The molecule has 0 N–H and O–H groups in total. The fraction of sp³-hybridized carbons (Fsp3) is 0. The molecule has 0 aliphatic rings. The fourth-order valence-corrected chi connectivity index (χ4v) is 0. The smallest absolute Gasteiger partial charge is 1.00 e. The zero-order valence-corrected chi connectivity index (χ0v) is 5.09. The molecule has 20 valence electrons. The predicted molar refractivity (Wildman–Crippen MR) is 16.0 cm³/mol. The SMILES string of the molecule is [2H]C([2H])=[C]([2H])[Mg+].[Br-]. The Balaban J connectivity index is 0. The van der Waals surface area contributed by atoms with Gasteiger partial charge in [-0.15, -0.1) is 0 Å². The Morgan fingerprint density at radius 1 is 2.50 bits per heavy atom. The van der Waals surface area contributed by atoms with Gasteiger partial charge in [0.05, 0.1) is 0 Å². The van der Waals surface area contributed by atoms with E-state index in [0.29, 0.717) is 0 Å². The molecule has 0 saturated heterocycles. The molecular formula is C2H3BrMg. The van der Waals surface area contributed by atoms with Gasteiger partial charge in [0.25, 0.3) is 0 Å². The summed E-state index contributed by atoms with van der Waals surface area (Å²) in [7, 11) is 0. The third kappa shape index (κ3) is 12.1. The van der Waals surface area contributed by atoms with Crippen molar-refractivity contribution in [2.75, 3.05) is 0 Å². The molecule has 0 spiro atoms. The molecule has 0 radical (unpaired) electrons. The average molecular weight is 134 g/mol. The summed E-state index contributed by atoms with van der Waals surface area (Å²) >= 11 is 1.23. The molecule has 0 heterocycles. The molecule has 0 atom stereocenters. The van der Waals surface area contributed by atoms with Crippen LogP contribution in [0.15, 0.2) is 10.7 Å². The van der Waals surface area contributed by atoms with Crippen molar-refractivity contribution in [2.24, 2.45) is 0 Å². The molecule has 0 aliphatic carbocycles. The van der Waals surface area contributed by atoms with E-state index in [2.05, 4.69) is 0 Å². The molecule has 0 amide bonds. The Hall–Kier alpha value is 0.986. The van der Waals surface area contributed by atoms with E-state index in [1.807, 2.05) is 0 Å². The normalized spacial score (nSPS) is 13.0. The second kappa shape index (κ2) is 9.01. The van der Waals surface area contributed by atoms with Crippen molar-refractivity contribution in [3.8, 4) is 0 Å². The van der Waals surface area contributed by atoms with Crippen LogP contribution in [0.5, 0.6) is 0 Å². The van der Waals surface area contributed by atoms with Crippen LogP contribution in [-0.2, 0) is 0 Å². The van der Waals surface area contributed by atoms with Crippen LogP contribution in [0.3, 0.4) is 0 Å². The molecule has 0 rings (SSSR count). The van der Waals surface area contributed by atoms with Crippen molar-refractivity contribution in [1.82, 2.24) is 0 Å². The van der Waals surface area contributed by atoms with Crippen molar-refractivity contribution in [3.05, 3.63) is 10.7 Å². The molecule has 0 bridgehead atoms. The summed E-state index contributed by atoms with van der Waals surface area (Å²) in [6.45, 7) is -0.395. The Morgan fingerprint density at radius 2 is 2.75 bits per heavy atom. The van der Waals surface area contributed by atoms with Gasteiger partial charge in [-0.25, -0.2) is 0 Å². The van der Waals surface area contributed by atoms with E-state index < -0.39 is 6.53 Å². The van der Waals surface area contributed by atoms with E-state index in [1.54, 1.807) is 0 Å². The van der Waals surface area contributed by atoms with Crippen LogP contribution in [0.25, 0.3) is 0 Å². The topological polar surface area (TPSA) is 0 Å². The van der Waals surface area contributed by atoms with E-state index in [0.717, 1.165) is 0 Å². The summed E-state index contributed by atoms with van der Waals surface area (Å²) in [5.74, 6) is 0. The molecule has 0 fully saturated rings. The second-order valence-corrected chi connectivity index (χ2v) is 0.530. The summed E-state index contributed by atoms with van der Waals surface area (Å²) < 4.78 is 19.4. The number of hydrogen-bond donors (Lipinski definition) is 0. The molecule has 0 aromatic rings. The van der Waals surface area contributed by atoms with Crippen LogP contribution in [-0.4, -0.2) is 21.7 Å². The number of rotatable bonds is 0. The van der Waals surface area contributed by atoms with Gasteiger partial charge in [0.2, 0.25) is 0 Å². The quantitative estimate of drug-likeness (QED) is 0.316. The molecule has 4 heavy (non-hydrogen) atoms. The molecule has 2 heteroatoms. The maximum atomic E-state index is 6.55. The van der Waals surface area contributed by atoms with E-state index in [-0.39, 0.29) is 21.2 Å². The molecule has 0 saturated carbocycles. The minimum absolute atomic E-state index is 0. The van der Waals surface area contributed by atoms with Gasteiger partial charge in [-0.2, -0.15) is 0 Å². The maximum absolute atomic E-state index is 6.55. The first-order chi connectivity index (χ1) is 2.64. The van der Waals surface area contributed by atoms with Gasteiger partial charge in [-0.1, -0.05) is 0 Å². The Morgan fingerprint density at radius 3 is 2.75 bits per heavy atom. The summed E-state index contributed by atoms with van der Waals surface area (Å²) in [5, 5.41) is 0. The zero-order valence-electron chi connectivity index (χ0n) is 5.09. The predicted octanol–water partition coefficient (Wildman–Crippen LogP) is -2.70. The van der Waals surface area contributed by atoms with Gasteiger partial charge in [-0.3, -0.25) is 0 Å². The molecule has 0 aromatic heterocycles. The van der Waals surface area contributed by atoms with E-state index in [4.69, 9.17) is 4.11 Å². The van der Waals surface area contributed by atoms with Gasteiger partial charge in [-0.05, 0) is 0 Å². The molecular weight excluding hydrogens is 128 g/mol. The minimum Gasteiger partial charge on any atom is -1.00 e. The number of halogens is 1. The van der Waals surface area contributed by atoms with Crippen molar-refractivity contribution < 1.29 is 21.1 Å². The standard InChI is InChI=1S/C2H3.BrH.Mg/c1-2;;/h1H,2H2;1H;/q;;+1/p-1/i1D,2D2;;. The first-order valence-electron chi connectivity index (χ1n) is 2.10. The van der Waals surface area contributed by atoms with Crippen molar-refractivity contribution in [3.63, 3.8) is 0 Å². The van der Waals surface area contributed by atoms with Gasteiger partial charge in [0.15, 0.2) is 0 Å². The molecule has 0 nitrogen and oxygen atoms in total. The molecule has 0 aromatic carbocycles. The third-order valence-corrected chi connectivity index (χ3v) is 0. The summed E-state index contributed by atoms with van der Waals surface area (Å²) in [6, 6.07) is 0. The first kappa shape index (κ1) is 2.21. The van der Waals surface area contributed by atoms with Crippen molar-refractivity contribution >= 4 is 21.7 Å². The van der Waals surface area contributed by atoms with Crippen LogP contribution < -0.4 is 17.0 Å². The van der Waals surface area contributed by atoms with Crippen molar-refractivity contribution in [1.29, 1.82) is 0 Å².